The number of nitrogens with two attached hydrogens (primary N) is 1. The van der Waals surface area contributed by atoms with Crippen LogP contribution in [0.5, 0.6) is 0 Å². The van der Waals surface area contributed by atoms with Crippen LogP contribution in [0.15, 0.2) is 23.1 Å². The SMILES string of the molecule is Cc1c(N)cccc1SC1CCCNC(=O)C1. The second kappa shape index (κ2) is 5.45. The molecule has 1 aliphatic heterocycles. The maximum absolute atomic E-state index is 11.5. The number of rotatable bonds is 2. The molecule has 1 atom stereocenters. The molecule has 0 aliphatic carbocycles. The van der Waals surface area contributed by atoms with Crippen molar-refractivity contribution in [2.24, 2.45) is 0 Å². The van der Waals surface area contributed by atoms with Crippen LogP contribution in [0.4, 0.5) is 5.69 Å². The molecule has 17 heavy (non-hydrogen) atoms. The average molecular weight is 250 g/mol. The Kier molecular flexibility index (Phi) is 3.94. The number of carbonyl (C=O) groups is 1. The fraction of sp³-hybridized carbons (Fsp3) is 0.462. The van der Waals surface area contributed by atoms with Gasteiger partial charge in [0.05, 0.1) is 0 Å². The molecule has 3 nitrogen and oxygen atoms in total. The van der Waals surface area contributed by atoms with Crippen LogP contribution in [0, 0.1) is 6.92 Å². The summed E-state index contributed by atoms with van der Waals surface area (Å²) in [6, 6.07) is 5.97. The molecule has 1 saturated heterocycles. The largest absolute Gasteiger partial charge is 0.398 e. The smallest absolute Gasteiger partial charge is 0.221 e. The van der Waals surface area contributed by atoms with Crippen molar-refractivity contribution in [2.75, 3.05) is 12.3 Å². The number of hydrogen-bond donors (Lipinski definition) is 2. The number of nitrogen functional groups attached to an aromatic ring is 1. The molecule has 92 valence electrons. The monoisotopic (exact) mass is 250 g/mol. The lowest BCUT2D eigenvalue weighted by molar-refractivity contribution is -0.120. The van der Waals surface area contributed by atoms with E-state index in [9.17, 15) is 4.79 Å². The zero-order valence-corrected chi connectivity index (χ0v) is 10.8. The molecule has 1 aromatic carbocycles. The summed E-state index contributed by atoms with van der Waals surface area (Å²) in [7, 11) is 0. The van der Waals surface area contributed by atoms with Gasteiger partial charge in [-0.2, -0.15) is 0 Å². The third-order valence-corrected chi connectivity index (χ3v) is 4.49. The first-order chi connectivity index (χ1) is 8.16. The van der Waals surface area contributed by atoms with Gasteiger partial charge in [0.1, 0.15) is 0 Å². The zero-order valence-electron chi connectivity index (χ0n) is 10.0. The number of thioether (sulfide) groups is 1. The van der Waals surface area contributed by atoms with Crippen molar-refractivity contribution in [3.8, 4) is 0 Å². The summed E-state index contributed by atoms with van der Waals surface area (Å²) >= 11 is 1.78. The topological polar surface area (TPSA) is 55.1 Å². The second-order valence-electron chi connectivity index (χ2n) is 4.41. The van der Waals surface area contributed by atoms with Gasteiger partial charge in [-0.15, -0.1) is 11.8 Å². The van der Waals surface area contributed by atoms with Crippen molar-refractivity contribution in [3.05, 3.63) is 23.8 Å². The van der Waals surface area contributed by atoms with E-state index in [2.05, 4.69) is 11.4 Å². The van der Waals surface area contributed by atoms with Crippen LogP contribution in [0.1, 0.15) is 24.8 Å². The van der Waals surface area contributed by atoms with Crippen LogP contribution in [-0.4, -0.2) is 17.7 Å². The van der Waals surface area contributed by atoms with E-state index in [0.29, 0.717) is 11.7 Å². The van der Waals surface area contributed by atoms with Gasteiger partial charge in [-0.1, -0.05) is 6.07 Å². The van der Waals surface area contributed by atoms with Crippen LogP contribution in [-0.2, 0) is 4.79 Å². The number of benzene rings is 1. The molecule has 1 fully saturated rings. The Balaban J connectivity index is 2.09. The Morgan fingerprint density at radius 3 is 3.12 bits per heavy atom. The van der Waals surface area contributed by atoms with E-state index >= 15 is 0 Å². The third-order valence-electron chi connectivity index (χ3n) is 3.06. The van der Waals surface area contributed by atoms with Gasteiger partial charge in [0, 0.05) is 28.8 Å². The maximum Gasteiger partial charge on any atom is 0.221 e. The Labute approximate surface area is 106 Å². The Bertz CT molecular complexity index is 420. The highest BCUT2D eigenvalue weighted by molar-refractivity contribution is 8.00. The quantitative estimate of drug-likeness (QED) is 0.792. The molecular weight excluding hydrogens is 232 g/mol. The summed E-state index contributed by atoms with van der Waals surface area (Å²) in [5.74, 6) is 0.168. The maximum atomic E-state index is 11.5. The molecule has 1 aliphatic rings. The normalized spacial score (nSPS) is 20.8. The van der Waals surface area contributed by atoms with Gasteiger partial charge in [0.25, 0.3) is 0 Å². The van der Waals surface area contributed by atoms with Crippen molar-refractivity contribution in [1.82, 2.24) is 5.32 Å². The molecule has 2 rings (SSSR count). The molecule has 0 radical (unpaired) electrons. The first-order valence-corrected chi connectivity index (χ1v) is 6.83. The molecule has 1 amide bonds. The highest BCUT2D eigenvalue weighted by atomic mass is 32.2. The lowest BCUT2D eigenvalue weighted by Gasteiger charge is -2.14. The minimum absolute atomic E-state index is 0.168. The number of amides is 1. The average Bonchev–Trinajstić information content (AvgIpc) is 2.49. The van der Waals surface area contributed by atoms with Crippen LogP contribution in [0.3, 0.4) is 0 Å². The standard InChI is InChI=1S/C13H18N2OS/c1-9-11(14)5-2-6-12(9)17-10-4-3-7-15-13(16)8-10/h2,5-6,10H,3-4,7-8,14H2,1H3,(H,15,16). The second-order valence-corrected chi connectivity index (χ2v) is 5.75. The van der Waals surface area contributed by atoms with Crippen LogP contribution >= 0.6 is 11.8 Å². The first kappa shape index (κ1) is 12.3. The lowest BCUT2D eigenvalue weighted by Crippen LogP contribution is -2.22. The van der Waals surface area contributed by atoms with E-state index in [1.165, 1.54) is 4.90 Å². The Morgan fingerprint density at radius 1 is 1.47 bits per heavy atom. The molecule has 0 saturated carbocycles. The van der Waals surface area contributed by atoms with Gasteiger partial charge in [0.15, 0.2) is 0 Å². The Morgan fingerprint density at radius 2 is 2.29 bits per heavy atom. The third kappa shape index (κ3) is 3.16. The number of hydrogen-bond acceptors (Lipinski definition) is 3. The molecular formula is C13H18N2OS. The van der Waals surface area contributed by atoms with E-state index < -0.39 is 0 Å². The minimum atomic E-state index is 0.168. The molecule has 1 heterocycles. The molecule has 4 heteroatoms. The minimum Gasteiger partial charge on any atom is -0.398 e. The van der Waals surface area contributed by atoms with Crippen LogP contribution < -0.4 is 11.1 Å². The summed E-state index contributed by atoms with van der Waals surface area (Å²) in [5.41, 5.74) is 7.85. The number of carbonyl (C=O) groups excluding carboxylic acids is 1. The van der Waals surface area contributed by atoms with E-state index in [4.69, 9.17) is 5.73 Å². The number of anilines is 1. The van der Waals surface area contributed by atoms with Crippen molar-refractivity contribution in [2.45, 2.75) is 36.3 Å². The molecule has 3 N–H and O–H groups in total. The molecule has 0 bridgehead atoms. The molecule has 0 spiro atoms. The van der Waals surface area contributed by atoms with Gasteiger partial charge in [-0.25, -0.2) is 0 Å². The molecule has 1 aromatic rings. The van der Waals surface area contributed by atoms with Gasteiger partial charge in [-0.05, 0) is 37.5 Å². The summed E-state index contributed by atoms with van der Waals surface area (Å²) in [5, 5.41) is 3.28. The van der Waals surface area contributed by atoms with Crippen molar-refractivity contribution in [3.63, 3.8) is 0 Å². The van der Waals surface area contributed by atoms with Crippen molar-refractivity contribution in [1.29, 1.82) is 0 Å². The predicted molar refractivity (Wildman–Crippen MR) is 72.1 cm³/mol. The lowest BCUT2D eigenvalue weighted by atomic mass is 10.2. The van der Waals surface area contributed by atoms with E-state index in [1.54, 1.807) is 11.8 Å². The van der Waals surface area contributed by atoms with Gasteiger partial charge >= 0.3 is 0 Å². The van der Waals surface area contributed by atoms with E-state index in [1.807, 2.05) is 19.1 Å². The summed E-state index contributed by atoms with van der Waals surface area (Å²) in [6.07, 6.45) is 2.75. The molecule has 1 unspecified atom stereocenters. The highest BCUT2D eigenvalue weighted by Gasteiger charge is 2.19. The van der Waals surface area contributed by atoms with Crippen LogP contribution in [0.2, 0.25) is 0 Å². The summed E-state index contributed by atoms with van der Waals surface area (Å²) < 4.78 is 0. The van der Waals surface area contributed by atoms with E-state index in [-0.39, 0.29) is 5.91 Å². The van der Waals surface area contributed by atoms with Gasteiger partial charge in [-0.3, -0.25) is 4.79 Å². The van der Waals surface area contributed by atoms with Gasteiger partial charge < -0.3 is 11.1 Å². The summed E-state index contributed by atoms with van der Waals surface area (Å²) in [4.78, 5) is 12.7. The first-order valence-electron chi connectivity index (χ1n) is 5.95. The predicted octanol–water partition coefficient (Wildman–Crippen LogP) is 2.34. The number of nitrogens with one attached hydrogen (secondary N) is 1. The Hall–Kier alpha value is -1.16. The van der Waals surface area contributed by atoms with Crippen molar-refractivity contribution < 1.29 is 4.79 Å². The molecule has 0 aromatic heterocycles. The van der Waals surface area contributed by atoms with Crippen LogP contribution in [0.25, 0.3) is 0 Å². The van der Waals surface area contributed by atoms with Gasteiger partial charge in [0.2, 0.25) is 5.91 Å². The van der Waals surface area contributed by atoms with E-state index in [0.717, 1.165) is 30.6 Å². The fourth-order valence-electron chi connectivity index (χ4n) is 1.98. The zero-order chi connectivity index (χ0) is 12.3. The van der Waals surface area contributed by atoms with Crippen molar-refractivity contribution >= 4 is 23.4 Å². The highest BCUT2D eigenvalue weighted by Crippen LogP contribution is 2.33. The summed E-state index contributed by atoms with van der Waals surface area (Å²) in [6.45, 7) is 2.85. The fourth-order valence-corrected chi connectivity index (χ4v) is 3.31.